The van der Waals surface area contributed by atoms with Gasteiger partial charge in [0.2, 0.25) is 0 Å². The van der Waals surface area contributed by atoms with Gasteiger partial charge in [0.25, 0.3) is 5.56 Å². The van der Waals surface area contributed by atoms with E-state index in [2.05, 4.69) is 32.5 Å². The van der Waals surface area contributed by atoms with Gasteiger partial charge < -0.3 is 20.2 Å². The normalized spacial score (nSPS) is 11.2. The monoisotopic (exact) mass is 432 g/mol. The van der Waals surface area contributed by atoms with E-state index < -0.39 is 0 Å². The van der Waals surface area contributed by atoms with E-state index in [9.17, 15) is 9.59 Å². The van der Waals surface area contributed by atoms with Crippen molar-refractivity contribution in [3.8, 4) is 11.3 Å². The maximum atomic E-state index is 12.8. The van der Waals surface area contributed by atoms with Crippen molar-refractivity contribution >= 4 is 33.8 Å². The van der Waals surface area contributed by atoms with Crippen LogP contribution in [-0.4, -0.2) is 32.1 Å². The van der Waals surface area contributed by atoms with Gasteiger partial charge in [-0.2, -0.15) is 0 Å². The molecule has 2 amide bonds. The molecular weight excluding hydrogens is 404 g/mol. The fourth-order valence-corrected chi connectivity index (χ4v) is 3.85. The summed E-state index contributed by atoms with van der Waals surface area (Å²) < 4.78 is 1.88. The highest BCUT2D eigenvalue weighted by atomic mass is 16.2. The van der Waals surface area contributed by atoms with Crippen LogP contribution in [0.15, 0.2) is 47.5 Å². The molecule has 0 spiro atoms. The second kappa shape index (κ2) is 9.64. The summed E-state index contributed by atoms with van der Waals surface area (Å²) >= 11 is 0. The van der Waals surface area contributed by atoms with Gasteiger partial charge in [0, 0.05) is 42.6 Å². The highest BCUT2D eigenvalue weighted by Crippen LogP contribution is 2.26. The minimum absolute atomic E-state index is 0.255. The van der Waals surface area contributed by atoms with E-state index in [1.54, 1.807) is 24.4 Å². The van der Waals surface area contributed by atoms with Crippen LogP contribution >= 0.6 is 0 Å². The maximum Gasteiger partial charge on any atom is 0.319 e. The number of hydrogen-bond donors (Lipinski definition) is 3. The quantitative estimate of drug-likeness (QED) is 0.355. The number of benzene rings is 1. The van der Waals surface area contributed by atoms with Crippen molar-refractivity contribution < 1.29 is 4.79 Å². The lowest BCUT2D eigenvalue weighted by Crippen LogP contribution is -2.29. The van der Waals surface area contributed by atoms with Crippen LogP contribution in [0.1, 0.15) is 39.0 Å². The van der Waals surface area contributed by atoms with Crippen molar-refractivity contribution in [2.24, 2.45) is 7.05 Å². The van der Waals surface area contributed by atoms with E-state index in [1.807, 2.05) is 29.9 Å². The first-order valence-corrected chi connectivity index (χ1v) is 11.1. The van der Waals surface area contributed by atoms with Gasteiger partial charge in [-0.25, -0.2) is 14.8 Å². The van der Waals surface area contributed by atoms with Gasteiger partial charge in [0.1, 0.15) is 11.3 Å². The zero-order chi connectivity index (χ0) is 22.5. The number of aryl methyl sites for hydroxylation is 1. The molecule has 3 heterocycles. The Balaban J connectivity index is 1.50. The summed E-state index contributed by atoms with van der Waals surface area (Å²) in [6.07, 6.45) is 9.30. The summed E-state index contributed by atoms with van der Waals surface area (Å²) in [6.45, 7) is 2.82. The van der Waals surface area contributed by atoms with Gasteiger partial charge in [0.05, 0.1) is 11.0 Å². The van der Waals surface area contributed by atoms with E-state index >= 15 is 0 Å². The third kappa shape index (κ3) is 4.64. The van der Waals surface area contributed by atoms with Crippen LogP contribution in [0.3, 0.4) is 0 Å². The Kier molecular flexibility index (Phi) is 6.49. The van der Waals surface area contributed by atoms with Crippen LogP contribution in [0.4, 0.5) is 10.5 Å². The van der Waals surface area contributed by atoms with Gasteiger partial charge in [-0.3, -0.25) is 4.79 Å². The lowest BCUT2D eigenvalue weighted by atomic mass is 10.1. The number of unbranched alkanes of at least 4 members (excludes halogenated alkanes) is 4. The van der Waals surface area contributed by atoms with Crippen molar-refractivity contribution in [2.75, 3.05) is 11.9 Å². The lowest BCUT2D eigenvalue weighted by molar-refractivity contribution is 0.252. The molecule has 0 unspecified atom stereocenters. The number of aromatic amines is 1. The zero-order valence-corrected chi connectivity index (χ0v) is 18.4. The molecule has 1 aromatic carbocycles. The van der Waals surface area contributed by atoms with E-state index in [1.165, 1.54) is 19.3 Å². The second-order valence-electron chi connectivity index (χ2n) is 7.97. The first-order valence-electron chi connectivity index (χ1n) is 11.1. The summed E-state index contributed by atoms with van der Waals surface area (Å²) in [5, 5.41) is 6.56. The number of nitrogens with one attached hydrogen (secondary N) is 3. The highest BCUT2D eigenvalue weighted by Gasteiger charge is 2.15. The molecule has 0 saturated heterocycles. The molecule has 0 saturated carbocycles. The number of carbonyl (C=O) groups is 1. The van der Waals surface area contributed by atoms with Crippen LogP contribution < -0.4 is 16.2 Å². The molecule has 32 heavy (non-hydrogen) atoms. The van der Waals surface area contributed by atoms with Crippen molar-refractivity contribution in [1.82, 2.24) is 24.8 Å². The molecule has 8 nitrogen and oxygen atoms in total. The lowest BCUT2D eigenvalue weighted by Gasteiger charge is -2.09. The summed E-state index contributed by atoms with van der Waals surface area (Å²) in [5.74, 6) is 0. The standard InChI is InChI=1S/C24H28N6O2/c1-3-4-5-6-7-12-26-24(32)27-16-10-11-19-20(14-16)29-23(31)21(28-19)18-15-30(2)22-17(18)9-8-13-25-22/h8-11,13-15H,3-7,12H2,1-2H3,(H,29,31)(H2,26,27,32). The SMILES string of the molecule is CCCCCCCNC(=O)Nc1ccc2nc(-c3cn(C)c4ncccc34)c(=O)[nH]c2c1. The Morgan fingerprint density at radius 1 is 1.16 bits per heavy atom. The maximum absolute atomic E-state index is 12.8. The van der Waals surface area contributed by atoms with Gasteiger partial charge >= 0.3 is 6.03 Å². The molecular formula is C24H28N6O2. The second-order valence-corrected chi connectivity index (χ2v) is 7.97. The molecule has 0 aliphatic carbocycles. The third-order valence-electron chi connectivity index (χ3n) is 5.50. The Bertz CT molecular complexity index is 1310. The van der Waals surface area contributed by atoms with Crippen molar-refractivity contribution in [1.29, 1.82) is 0 Å². The Hall–Kier alpha value is -3.68. The van der Waals surface area contributed by atoms with Crippen LogP contribution in [0, 0.1) is 0 Å². The van der Waals surface area contributed by atoms with E-state index in [4.69, 9.17) is 0 Å². The van der Waals surface area contributed by atoms with Crippen molar-refractivity contribution in [3.05, 3.63) is 53.1 Å². The number of rotatable bonds is 8. The molecule has 0 radical (unpaired) electrons. The molecule has 8 heteroatoms. The average molecular weight is 433 g/mol. The number of hydrogen-bond acceptors (Lipinski definition) is 4. The van der Waals surface area contributed by atoms with Gasteiger partial charge in [-0.15, -0.1) is 0 Å². The minimum Gasteiger partial charge on any atom is -0.338 e. The predicted octanol–water partition coefficient (Wildman–Crippen LogP) is 4.57. The molecule has 0 aliphatic rings. The Morgan fingerprint density at radius 3 is 2.84 bits per heavy atom. The molecule has 3 aromatic heterocycles. The summed E-state index contributed by atoms with van der Waals surface area (Å²) in [5.41, 5.74) is 3.39. The van der Waals surface area contributed by atoms with Gasteiger partial charge in [0.15, 0.2) is 0 Å². The number of carbonyl (C=O) groups excluding carboxylic acids is 1. The van der Waals surface area contributed by atoms with E-state index in [0.29, 0.717) is 29.0 Å². The molecule has 4 aromatic rings. The fourth-order valence-electron chi connectivity index (χ4n) is 3.85. The fraction of sp³-hybridized carbons (Fsp3) is 0.333. The minimum atomic E-state index is -0.289. The molecule has 4 rings (SSSR count). The largest absolute Gasteiger partial charge is 0.338 e. The van der Waals surface area contributed by atoms with E-state index in [0.717, 1.165) is 29.4 Å². The van der Waals surface area contributed by atoms with Crippen LogP contribution in [0.5, 0.6) is 0 Å². The molecule has 0 atom stereocenters. The summed E-state index contributed by atoms with van der Waals surface area (Å²) in [7, 11) is 1.89. The smallest absolute Gasteiger partial charge is 0.319 e. The topological polar surface area (TPSA) is 105 Å². The predicted molar refractivity (Wildman–Crippen MR) is 128 cm³/mol. The molecule has 3 N–H and O–H groups in total. The molecule has 0 aliphatic heterocycles. The van der Waals surface area contributed by atoms with Crippen molar-refractivity contribution in [2.45, 2.75) is 39.0 Å². The average Bonchev–Trinajstić information content (AvgIpc) is 3.12. The highest BCUT2D eigenvalue weighted by molar-refractivity contribution is 5.95. The van der Waals surface area contributed by atoms with Crippen LogP contribution in [0.2, 0.25) is 0 Å². The number of amides is 2. The molecule has 166 valence electrons. The number of aromatic nitrogens is 4. The number of pyridine rings is 1. The number of anilines is 1. The molecule has 0 bridgehead atoms. The van der Waals surface area contributed by atoms with Crippen LogP contribution in [-0.2, 0) is 7.05 Å². The van der Waals surface area contributed by atoms with Gasteiger partial charge in [-0.1, -0.05) is 32.6 Å². The third-order valence-corrected chi connectivity index (χ3v) is 5.50. The summed E-state index contributed by atoms with van der Waals surface area (Å²) in [6, 6.07) is 8.81. The Morgan fingerprint density at radius 2 is 2.00 bits per heavy atom. The van der Waals surface area contributed by atoms with Crippen molar-refractivity contribution in [3.63, 3.8) is 0 Å². The molecule has 0 fully saturated rings. The first-order chi connectivity index (χ1) is 15.6. The van der Waals surface area contributed by atoms with Gasteiger partial charge in [-0.05, 0) is 36.8 Å². The number of fused-ring (bicyclic) bond motifs is 2. The first kappa shape index (κ1) is 21.5. The summed E-state index contributed by atoms with van der Waals surface area (Å²) in [4.78, 5) is 36.8. The van der Waals surface area contributed by atoms with E-state index in [-0.39, 0.29) is 11.6 Å². The number of urea groups is 1. The zero-order valence-electron chi connectivity index (χ0n) is 18.4. The number of H-pyrrole nitrogens is 1. The van der Waals surface area contributed by atoms with Crippen LogP contribution in [0.25, 0.3) is 33.3 Å². The number of nitrogens with zero attached hydrogens (tertiary/aromatic N) is 3. The Labute approximate surface area is 186 Å².